The number of hydrogen-bond acceptors (Lipinski definition) is 2. The van der Waals surface area contributed by atoms with Gasteiger partial charge in [-0.25, -0.2) is 4.39 Å². The molecule has 0 unspecified atom stereocenters. The molecule has 1 aromatic rings. The molecule has 0 saturated heterocycles. The average Bonchev–Trinajstić information content (AvgIpc) is 2.58. The van der Waals surface area contributed by atoms with Gasteiger partial charge in [0.05, 0.1) is 13.2 Å². The van der Waals surface area contributed by atoms with Crippen molar-refractivity contribution < 1.29 is 9.13 Å². The molecule has 1 heterocycles. The van der Waals surface area contributed by atoms with Crippen LogP contribution in [0, 0.1) is 5.82 Å². The molecule has 0 aromatic heterocycles. The quantitative estimate of drug-likeness (QED) is 0.458. The van der Waals surface area contributed by atoms with E-state index in [1.807, 2.05) is 0 Å². The second-order valence-electron chi connectivity index (χ2n) is 6.80. The highest BCUT2D eigenvalue weighted by Gasteiger charge is 2.24. The molecule has 0 aliphatic carbocycles. The highest BCUT2D eigenvalue weighted by atomic mass is 35.5. The first-order chi connectivity index (χ1) is 11.9. The van der Waals surface area contributed by atoms with Crippen LogP contribution in [-0.4, -0.2) is 39.3 Å². The number of halogens is 2. The lowest BCUT2D eigenvalue weighted by Crippen LogP contribution is -2.43. The second-order valence-corrected chi connectivity index (χ2v) is 7.21. The smallest absolute Gasteiger partial charge is 0.191 e. The van der Waals surface area contributed by atoms with Crippen LogP contribution in [0.2, 0.25) is 5.02 Å². The Balaban J connectivity index is 1.85. The third-order valence-corrected chi connectivity index (χ3v) is 4.69. The van der Waals surface area contributed by atoms with Crippen molar-refractivity contribution in [3.05, 3.63) is 46.3 Å². The van der Waals surface area contributed by atoms with Gasteiger partial charge in [-0.2, -0.15) is 0 Å². The molecule has 2 N–H and O–H groups in total. The Kier molecular flexibility index (Phi) is 7.26. The van der Waals surface area contributed by atoms with Crippen molar-refractivity contribution in [3.8, 4) is 0 Å². The van der Waals surface area contributed by atoms with Gasteiger partial charge in [-0.05, 0) is 30.5 Å². The lowest BCUT2D eigenvalue weighted by molar-refractivity contribution is 0.153. The first-order valence-electron chi connectivity index (χ1n) is 8.58. The molecule has 25 heavy (non-hydrogen) atoms. The van der Waals surface area contributed by atoms with Crippen LogP contribution in [0.15, 0.2) is 34.8 Å². The van der Waals surface area contributed by atoms with E-state index in [4.69, 9.17) is 16.3 Å². The number of hydrogen-bond donors (Lipinski definition) is 2. The minimum atomic E-state index is -0.322. The van der Waals surface area contributed by atoms with Crippen LogP contribution in [0.25, 0.3) is 0 Å². The molecule has 1 aliphatic rings. The third-order valence-electron chi connectivity index (χ3n) is 4.38. The summed E-state index contributed by atoms with van der Waals surface area (Å²) in [5.41, 5.74) is 2.07. The van der Waals surface area contributed by atoms with Gasteiger partial charge in [-0.3, -0.25) is 4.99 Å². The van der Waals surface area contributed by atoms with Crippen molar-refractivity contribution in [1.29, 1.82) is 0 Å². The molecule has 0 spiro atoms. The maximum Gasteiger partial charge on any atom is 0.191 e. The van der Waals surface area contributed by atoms with E-state index in [-0.39, 0.29) is 11.2 Å². The normalized spacial score (nSPS) is 15.7. The zero-order chi connectivity index (χ0) is 18.3. The van der Waals surface area contributed by atoms with E-state index in [0.717, 1.165) is 44.1 Å². The summed E-state index contributed by atoms with van der Waals surface area (Å²) < 4.78 is 18.6. The largest absolute Gasteiger partial charge is 0.377 e. The Bertz CT molecular complexity index is 644. The lowest BCUT2D eigenvalue weighted by Gasteiger charge is -2.28. The summed E-state index contributed by atoms with van der Waals surface area (Å²) in [6.45, 7) is 7.12. The minimum Gasteiger partial charge on any atom is -0.377 e. The molecule has 2 rings (SSSR count). The highest BCUT2D eigenvalue weighted by molar-refractivity contribution is 6.31. The van der Waals surface area contributed by atoms with Gasteiger partial charge in [-0.1, -0.05) is 43.2 Å². The predicted octanol–water partition coefficient (Wildman–Crippen LogP) is 3.66. The molecule has 138 valence electrons. The number of benzene rings is 1. The summed E-state index contributed by atoms with van der Waals surface area (Å²) in [5, 5.41) is 7.10. The van der Waals surface area contributed by atoms with Gasteiger partial charge >= 0.3 is 0 Å². The van der Waals surface area contributed by atoms with Gasteiger partial charge in [0.25, 0.3) is 0 Å². The molecule has 0 bridgehead atoms. The van der Waals surface area contributed by atoms with Gasteiger partial charge in [0.1, 0.15) is 5.82 Å². The van der Waals surface area contributed by atoms with E-state index >= 15 is 0 Å². The summed E-state index contributed by atoms with van der Waals surface area (Å²) in [5.74, 6) is 0.427. The van der Waals surface area contributed by atoms with Gasteiger partial charge < -0.3 is 15.4 Å². The van der Waals surface area contributed by atoms with Crippen molar-refractivity contribution in [2.24, 2.45) is 4.99 Å². The topological polar surface area (TPSA) is 45.7 Å². The second kappa shape index (κ2) is 9.20. The van der Waals surface area contributed by atoms with Gasteiger partial charge in [0.2, 0.25) is 0 Å². The minimum absolute atomic E-state index is 0.258. The van der Waals surface area contributed by atoms with Crippen LogP contribution in [0.3, 0.4) is 0 Å². The van der Waals surface area contributed by atoms with Gasteiger partial charge in [0.15, 0.2) is 5.96 Å². The zero-order valence-electron chi connectivity index (χ0n) is 15.2. The van der Waals surface area contributed by atoms with Gasteiger partial charge in [-0.15, -0.1) is 0 Å². The molecule has 0 saturated carbocycles. The number of rotatable bonds is 6. The molecular formula is C19H27ClFN3O. The fraction of sp³-hybridized carbons (Fsp3) is 0.526. The molecule has 6 heteroatoms. The van der Waals surface area contributed by atoms with Crippen LogP contribution >= 0.6 is 11.6 Å². The number of aliphatic imine (C=N–C) groups is 1. The first kappa shape index (κ1) is 19.7. The summed E-state index contributed by atoms with van der Waals surface area (Å²) in [4.78, 5) is 4.26. The van der Waals surface area contributed by atoms with Crippen molar-refractivity contribution in [2.45, 2.75) is 32.1 Å². The number of nitrogens with zero attached hydrogens (tertiary/aromatic N) is 1. The Morgan fingerprint density at radius 1 is 1.36 bits per heavy atom. The summed E-state index contributed by atoms with van der Waals surface area (Å²) in [6, 6.07) is 4.54. The molecule has 4 nitrogen and oxygen atoms in total. The first-order valence-corrected chi connectivity index (χ1v) is 8.96. The monoisotopic (exact) mass is 367 g/mol. The highest BCUT2D eigenvalue weighted by Crippen LogP contribution is 2.29. The molecule has 1 aromatic carbocycles. The average molecular weight is 368 g/mol. The van der Waals surface area contributed by atoms with Crippen LogP contribution < -0.4 is 10.6 Å². The molecular weight excluding hydrogens is 341 g/mol. The van der Waals surface area contributed by atoms with E-state index in [1.165, 1.54) is 17.7 Å². The number of nitrogens with one attached hydrogen (secondary N) is 2. The molecule has 0 fully saturated rings. The molecule has 0 radical (unpaired) electrons. The van der Waals surface area contributed by atoms with E-state index in [1.54, 1.807) is 13.1 Å². The Morgan fingerprint density at radius 2 is 2.16 bits per heavy atom. The SMILES string of the molecule is CN=C(NCCC1=CCOCC1)NCC(C)(C)c1ccc(F)cc1Cl. The van der Waals surface area contributed by atoms with Crippen LogP contribution in [-0.2, 0) is 10.2 Å². The predicted molar refractivity (Wildman–Crippen MR) is 102 cm³/mol. The van der Waals surface area contributed by atoms with E-state index in [0.29, 0.717) is 11.6 Å². The Hall–Kier alpha value is -1.59. The Labute approximate surface area is 154 Å². The van der Waals surface area contributed by atoms with E-state index in [9.17, 15) is 4.39 Å². The van der Waals surface area contributed by atoms with Crippen LogP contribution in [0.1, 0.15) is 32.3 Å². The summed E-state index contributed by atoms with van der Waals surface area (Å²) >= 11 is 6.20. The van der Waals surface area contributed by atoms with E-state index in [2.05, 4.69) is 35.5 Å². The van der Waals surface area contributed by atoms with Crippen molar-refractivity contribution in [3.63, 3.8) is 0 Å². The maximum atomic E-state index is 13.3. The molecule has 0 amide bonds. The Morgan fingerprint density at radius 3 is 2.80 bits per heavy atom. The van der Waals surface area contributed by atoms with Crippen molar-refractivity contribution in [2.75, 3.05) is 33.4 Å². The fourth-order valence-electron chi connectivity index (χ4n) is 2.79. The zero-order valence-corrected chi connectivity index (χ0v) is 15.9. The van der Waals surface area contributed by atoms with Crippen LogP contribution in [0.5, 0.6) is 0 Å². The van der Waals surface area contributed by atoms with Gasteiger partial charge in [0, 0.05) is 30.6 Å². The summed E-state index contributed by atoms with van der Waals surface area (Å²) in [7, 11) is 1.75. The lowest BCUT2D eigenvalue weighted by atomic mass is 9.84. The fourth-order valence-corrected chi connectivity index (χ4v) is 3.22. The number of guanidine groups is 1. The maximum absolute atomic E-state index is 13.3. The third kappa shape index (κ3) is 6.01. The van der Waals surface area contributed by atoms with Crippen LogP contribution in [0.4, 0.5) is 4.39 Å². The van der Waals surface area contributed by atoms with Crippen molar-refractivity contribution >= 4 is 17.6 Å². The molecule has 0 atom stereocenters. The number of ether oxygens (including phenoxy) is 1. The standard InChI is InChI=1S/C19H27ClFN3O/c1-19(2,16-5-4-15(21)12-17(16)20)13-24-18(22-3)23-9-6-14-7-10-25-11-8-14/h4-5,7,12H,6,8-11,13H2,1-3H3,(H2,22,23,24). The molecule has 1 aliphatic heterocycles. The van der Waals surface area contributed by atoms with E-state index < -0.39 is 0 Å². The summed E-state index contributed by atoms with van der Waals surface area (Å²) in [6.07, 6.45) is 4.14. The van der Waals surface area contributed by atoms with Crippen molar-refractivity contribution in [1.82, 2.24) is 10.6 Å².